The number of nitrogens with zero attached hydrogens (tertiary/aromatic N) is 1. The Labute approximate surface area is 111 Å². The summed E-state index contributed by atoms with van der Waals surface area (Å²) in [5.74, 6) is 1.99. The van der Waals surface area contributed by atoms with E-state index in [1.165, 1.54) is 38.8 Å². The first-order chi connectivity index (χ1) is 8.76. The first kappa shape index (κ1) is 12.9. The molecule has 3 rings (SSSR count). The molecule has 1 saturated heterocycles. The van der Waals surface area contributed by atoms with E-state index in [2.05, 4.69) is 17.1 Å². The van der Waals surface area contributed by atoms with Gasteiger partial charge >= 0.3 is 0 Å². The predicted molar refractivity (Wildman–Crippen MR) is 73.5 cm³/mol. The molecule has 0 aromatic heterocycles. The van der Waals surface area contributed by atoms with Gasteiger partial charge in [-0.3, -0.25) is 4.90 Å². The van der Waals surface area contributed by atoms with Gasteiger partial charge in [-0.1, -0.05) is 13.3 Å². The number of likely N-dealkylation sites (tertiary alicyclic amines) is 1. The van der Waals surface area contributed by atoms with Gasteiger partial charge in [0.2, 0.25) is 0 Å². The number of rotatable bonds is 4. The van der Waals surface area contributed by atoms with Crippen LogP contribution in [0.15, 0.2) is 0 Å². The van der Waals surface area contributed by atoms with Crippen molar-refractivity contribution in [2.75, 3.05) is 26.2 Å². The van der Waals surface area contributed by atoms with Crippen LogP contribution in [0.4, 0.5) is 0 Å². The van der Waals surface area contributed by atoms with Crippen LogP contribution in [0.3, 0.4) is 0 Å². The zero-order valence-electron chi connectivity index (χ0n) is 11.7. The van der Waals surface area contributed by atoms with Crippen molar-refractivity contribution in [1.82, 2.24) is 10.2 Å². The Morgan fingerprint density at radius 2 is 1.94 bits per heavy atom. The highest BCUT2D eigenvalue weighted by atomic mass is 16.3. The number of likely N-dealkylation sites (N-methyl/N-ethyl adjacent to an activating group) is 1. The Hall–Kier alpha value is -0.120. The van der Waals surface area contributed by atoms with Gasteiger partial charge < -0.3 is 10.4 Å². The van der Waals surface area contributed by atoms with E-state index in [0.29, 0.717) is 6.61 Å². The maximum absolute atomic E-state index is 9.69. The number of hydrogen-bond donors (Lipinski definition) is 2. The smallest absolute Gasteiger partial charge is 0.0613 e. The van der Waals surface area contributed by atoms with Crippen LogP contribution in [0.25, 0.3) is 0 Å². The molecule has 2 saturated carbocycles. The quantitative estimate of drug-likeness (QED) is 0.798. The lowest BCUT2D eigenvalue weighted by molar-refractivity contribution is 0.149. The molecule has 3 nitrogen and oxygen atoms in total. The standard InChI is InChI=1S/C15H28N2O/c1-2-16-15(11-18)7-6-14(8-15)17-9-12-4-3-5-13(12)10-17/h12-14,16,18H,2-11H2,1H3. The Balaban J connectivity index is 1.59. The van der Waals surface area contributed by atoms with Crippen molar-refractivity contribution in [3.8, 4) is 0 Å². The maximum atomic E-state index is 9.69. The summed E-state index contributed by atoms with van der Waals surface area (Å²) in [6.45, 7) is 6.09. The third-order valence-corrected chi connectivity index (χ3v) is 5.71. The Morgan fingerprint density at radius 3 is 2.56 bits per heavy atom. The van der Waals surface area contributed by atoms with E-state index in [-0.39, 0.29) is 5.54 Å². The summed E-state index contributed by atoms with van der Waals surface area (Å²) in [6, 6.07) is 0.724. The van der Waals surface area contributed by atoms with E-state index in [4.69, 9.17) is 0 Å². The maximum Gasteiger partial charge on any atom is 0.0613 e. The topological polar surface area (TPSA) is 35.5 Å². The minimum atomic E-state index is 0.0249. The highest BCUT2D eigenvalue weighted by Crippen LogP contribution is 2.42. The van der Waals surface area contributed by atoms with E-state index in [9.17, 15) is 5.11 Å². The van der Waals surface area contributed by atoms with Gasteiger partial charge in [0.25, 0.3) is 0 Å². The second kappa shape index (κ2) is 5.10. The molecule has 4 unspecified atom stereocenters. The fourth-order valence-corrected chi connectivity index (χ4v) is 4.71. The molecule has 2 aliphatic carbocycles. The summed E-state index contributed by atoms with van der Waals surface area (Å²) >= 11 is 0. The van der Waals surface area contributed by atoms with Crippen LogP contribution in [-0.2, 0) is 0 Å². The normalized spacial score (nSPS) is 44.7. The van der Waals surface area contributed by atoms with Crippen molar-refractivity contribution in [1.29, 1.82) is 0 Å². The molecule has 0 amide bonds. The summed E-state index contributed by atoms with van der Waals surface area (Å²) in [5.41, 5.74) is 0.0249. The van der Waals surface area contributed by atoms with E-state index >= 15 is 0 Å². The van der Waals surface area contributed by atoms with Crippen LogP contribution >= 0.6 is 0 Å². The molecule has 3 aliphatic rings. The zero-order chi connectivity index (χ0) is 12.6. The highest BCUT2D eigenvalue weighted by Gasteiger charge is 2.44. The first-order valence-electron chi connectivity index (χ1n) is 7.86. The lowest BCUT2D eigenvalue weighted by Crippen LogP contribution is -2.47. The molecule has 3 fully saturated rings. The van der Waals surface area contributed by atoms with Crippen molar-refractivity contribution in [3.63, 3.8) is 0 Å². The molecule has 0 spiro atoms. The Bertz CT molecular complexity index is 284. The predicted octanol–water partition coefficient (Wildman–Crippen LogP) is 1.61. The summed E-state index contributed by atoms with van der Waals surface area (Å²) in [7, 11) is 0. The third kappa shape index (κ3) is 2.21. The number of aliphatic hydroxyl groups excluding tert-OH is 1. The lowest BCUT2D eigenvalue weighted by Gasteiger charge is -2.30. The van der Waals surface area contributed by atoms with Crippen LogP contribution in [-0.4, -0.2) is 47.8 Å². The average molecular weight is 252 g/mol. The monoisotopic (exact) mass is 252 g/mol. The van der Waals surface area contributed by atoms with E-state index < -0.39 is 0 Å². The van der Waals surface area contributed by atoms with Crippen molar-refractivity contribution >= 4 is 0 Å². The molecule has 18 heavy (non-hydrogen) atoms. The number of fused-ring (bicyclic) bond motifs is 1. The SMILES string of the molecule is CCNC1(CO)CCC(N2CC3CCCC3C2)C1. The second-order valence-electron chi connectivity index (χ2n) is 6.77. The summed E-state index contributed by atoms with van der Waals surface area (Å²) in [5, 5.41) is 13.2. The van der Waals surface area contributed by atoms with E-state index in [1.54, 1.807) is 0 Å². The molecule has 1 heterocycles. The van der Waals surface area contributed by atoms with Gasteiger partial charge in [0.05, 0.1) is 6.61 Å². The van der Waals surface area contributed by atoms with Crippen LogP contribution in [0.2, 0.25) is 0 Å². The molecular formula is C15H28N2O. The van der Waals surface area contributed by atoms with Gasteiger partial charge in [-0.25, -0.2) is 0 Å². The molecule has 0 aromatic rings. The van der Waals surface area contributed by atoms with Gasteiger partial charge in [-0.05, 0) is 50.5 Å². The molecule has 2 N–H and O–H groups in total. The fourth-order valence-electron chi connectivity index (χ4n) is 4.71. The van der Waals surface area contributed by atoms with Crippen molar-refractivity contribution in [2.24, 2.45) is 11.8 Å². The molecule has 104 valence electrons. The molecule has 0 aromatic carbocycles. The van der Waals surface area contributed by atoms with Crippen LogP contribution in [0.5, 0.6) is 0 Å². The van der Waals surface area contributed by atoms with E-state index in [1.807, 2.05) is 0 Å². The fraction of sp³-hybridized carbons (Fsp3) is 1.00. The second-order valence-corrected chi connectivity index (χ2v) is 6.77. The Morgan fingerprint density at radius 1 is 1.22 bits per heavy atom. The molecule has 0 radical (unpaired) electrons. The van der Waals surface area contributed by atoms with E-state index in [0.717, 1.165) is 37.3 Å². The van der Waals surface area contributed by atoms with Crippen molar-refractivity contribution in [2.45, 2.75) is 57.0 Å². The van der Waals surface area contributed by atoms with Gasteiger partial charge in [-0.2, -0.15) is 0 Å². The molecular weight excluding hydrogens is 224 g/mol. The molecule has 3 heteroatoms. The summed E-state index contributed by atoms with van der Waals surface area (Å²) < 4.78 is 0. The summed E-state index contributed by atoms with van der Waals surface area (Å²) in [4.78, 5) is 2.74. The number of nitrogens with one attached hydrogen (secondary N) is 1. The van der Waals surface area contributed by atoms with Crippen LogP contribution in [0, 0.1) is 11.8 Å². The summed E-state index contributed by atoms with van der Waals surface area (Å²) in [6.07, 6.45) is 7.96. The van der Waals surface area contributed by atoms with Crippen molar-refractivity contribution in [3.05, 3.63) is 0 Å². The largest absolute Gasteiger partial charge is 0.394 e. The van der Waals surface area contributed by atoms with Crippen LogP contribution in [0.1, 0.15) is 45.4 Å². The van der Waals surface area contributed by atoms with Gasteiger partial charge in [0, 0.05) is 24.7 Å². The van der Waals surface area contributed by atoms with Crippen LogP contribution < -0.4 is 5.32 Å². The average Bonchev–Trinajstić information content (AvgIpc) is 3.01. The molecule has 0 bridgehead atoms. The van der Waals surface area contributed by atoms with Gasteiger partial charge in [0.15, 0.2) is 0 Å². The number of aliphatic hydroxyl groups is 1. The zero-order valence-corrected chi connectivity index (χ0v) is 11.7. The van der Waals surface area contributed by atoms with Crippen molar-refractivity contribution < 1.29 is 5.11 Å². The molecule has 4 atom stereocenters. The first-order valence-corrected chi connectivity index (χ1v) is 7.86. The minimum absolute atomic E-state index is 0.0249. The lowest BCUT2D eigenvalue weighted by atomic mass is 9.98. The Kier molecular flexibility index (Phi) is 3.65. The molecule has 1 aliphatic heterocycles. The minimum Gasteiger partial charge on any atom is -0.394 e. The van der Waals surface area contributed by atoms with Gasteiger partial charge in [0.1, 0.15) is 0 Å². The highest BCUT2D eigenvalue weighted by molar-refractivity contribution is 5.01. The van der Waals surface area contributed by atoms with Gasteiger partial charge in [-0.15, -0.1) is 0 Å². The third-order valence-electron chi connectivity index (χ3n) is 5.71. The number of hydrogen-bond acceptors (Lipinski definition) is 3.